The summed E-state index contributed by atoms with van der Waals surface area (Å²) >= 11 is 0. The molecule has 0 radical (unpaired) electrons. The van der Waals surface area contributed by atoms with E-state index in [1.807, 2.05) is 0 Å². The highest BCUT2D eigenvalue weighted by atomic mass is 28.3. The van der Waals surface area contributed by atoms with Gasteiger partial charge in [0, 0.05) is 13.0 Å². The summed E-state index contributed by atoms with van der Waals surface area (Å²) in [4.78, 5) is 0. The van der Waals surface area contributed by atoms with Gasteiger partial charge in [-0.25, -0.2) is 0 Å². The molecule has 0 aromatic carbocycles. The zero-order valence-electron chi connectivity index (χ0n) is 9.57. The van der Waals surface area contributed by atoms with Crippen molar-refractivity contribution in [3.05, 3.63) is 0 Å². The van der Waals surface area contributed by atoms with Crippen molar-refractivity contribution in [2.45, 2.75) is 51.7 Å². The first-order valence-corrected chi connectivity index (χ1v) is 7.92. The first kappa shape index (κ1) is 12.7. The van der Waals surface area contributed by atoms with E-state index in [-0.39, 0.29) is 6.61 Å². The van der Waals surface area contributed by atoms with Gasteiger partial charge in [-0.15, -0.1) is 11.5 Å². The standard InChI is InChI=1S/C11H22OSi/c1-11(2,3)13(4,5)10-8-6-7-9-12/h12H,6-7,9H2,1-5H3. The number of unbranched alkanes of at least 4 members (excludes halogenated alkanes) is 1. The summed E-state index contributed by atoms with van der Waals surface area (Å²) in [5, 5.41) is 8.95. The highest BCUT2D eigenvalue weighted by Gasteiger charge is 2.33. The Bertz CT molecular complexity index is 202. The van der Waals surface area contributed by atoms with E-state index in [2.05, 4.69) is 45.3 Å². The Morgan fingerprint density at radius 3 is 2.15 bits per heavy atom. The molecular weight excluding hydrogens is 176 g/mol. The summed E-state index contributed by atoms with van der Waals surface area (Å²) in [6.45, 7) is 11.7. The van der Waals surface area contributed by atoms with Crippen molar-refractivity contribution in [2.75, 3.05) is 6.61 Å². The van der Waals surface area contributed by atoms with Crippen molar-refractivity contribution in [3.63, 3.8) is 0 Å². The summed E-state index contributed by atoms with van der Waals surface area (Å²) in [6.07, 6.45) is 1.64. The van der Waals surface area contributed by atoms with Gasteiger partial charge >= 0.3 is 0 Å². The van der Waals surface area contributed by atoms with Gasteiger partial charge in [0.05, 0.1) is 0 Å². The maximum atomic E-state index is 8.60. The fraction of sp³-hybridized carbons (Fsp3) is 0.818. The number of hydrogen-bond acceptors (Lipinski definition) is 1. The Balaban J connectivity index is 4.21. The number of aliphatic hydroxyl groups is 1. The van der Waals surface area contributed by atoms with E-state index in [0.29, 0.717) is 5.04 Å². The van der Waals surface area contributed by atoms with Gasteiger partial charge < -0.3 is 5.11 Å². The van der Waals surface area contributed by atoms with Crippen LogP contribution in [-0.4, -0.2) is 19.8 Å². The summed E-state index contributed by atoms with van der Waals surface area (Å²) in [7, 11) is -1.40. The van der Waals surface area contributed by atoms with Crippen molar-refractivity contribution >= 4 is 8.07 Å². The minimum atomic E-state index is -1.40. The third-order valence-electron chi connectivity index (χ3n) is 2.74. The monoisotopic (exact) mass is 198 g/mol. The first-order valence-electron chi connectivity index (χ1n) is 4.92. The molecule has 0 atom stereocenters. The predicted molar refractivity (Wildman–Crippen MR) is 61.3 cm³/mol. The SMILES string of the molecule is CC(C)(C)[Si](C)(C)C#CCCCO. The molecule has 0 amide bonds. The molecule has 0 rings (SSSR count). The van der Waals surface area contributed by atoms with Gasteiger partial charge in [-0.2, -0.15) is 0 Å². The summed E-state index contributed by atoms with van der Waals surface area (Å²) < 4.78 is 0. The van der Waals surface area contributed by atoms with Gasteiger partial charge in [-0.05, 0) is 11.5 Å². The third kappa shape index (κ3) is 4.49. The molecule has 1 nitrogen and oxygen atoms in total. The molecule has 0 heterocycles. The highest BCUT2D eigenvalue weighted by Crippen LogP contribution is 2.35. The summed E-state index contributed by atoms with van der Waals surface area (Å²) in [5.74, 6) is 3.18. The van der Waals surface area contributed by atoms with E-state index in [9.17, 15) is 0 Å². The van der Waals surface area contributed by atoms with Crippen LogP contribution in [0.5, 0.6) is 0 Å². The predicted octanol–water partition coefficient (Wildman–Crippen LogP) is 2.81. The quantitative estimate of drug-likeness (QED) is 0.411. The molecule has 0 aromatic heterocycles. The topological polar surface area (TPSA) is 20.2 Å². The maximum Gasteiger partial charge on any atom is 0.137 e. The van der Waals surface area contributed by atoms with Crippen LogP contribution in [0.1, 0.15) is 33.6 Å². The van der Waals surface area contributed by atoms with Gasteiger partial charge in [0.1, 0.15) is 8.07 Å². The van der Waals surface area contributed by atoms with Crippen LogP contribution in [0, 0.1) is 11.5 Å². The zero-order valence-corrected chi connectivity index (χ0v) is 10.6. The van der Waals surface area contributed by atoms with Crippen LogP contribution in [-0.2, 0) is 0 Å². The second-order valence-electron chi connectivity index (χ2n) is 5.00. The maximum absolute atomic E-state index is 8.60. The van der Waals surface area contributed by atoms with Crippen LogP contribution in [0.3, 0.4) is 0 Å². The van der Waals surface area contributed by atoms with Crippen LogP contribution >= 0.6 is 0 Å². The lowest BCUT2D eigenvalue weighted by molar-refractivity contribution is 0.290. The van der Waals surface area contributed by atoms with Crippen LogP contribution in [0.4, 0.5) is 0 Å². The van der Waals surface area contributed by atoms with Gasteiger partial charge in [-0.1, -0.05) is 33.9 Å². The first-order chi connectivity index (χ1) is 5.81. The molecule has 0 saturated heterocycles. The van der Waals surface area contributed by atoms with Gasteiger partial charge in [-0.3, -0.25) is 0 Å². The third-order valence-corrected chi connectivity index (χ3v) is 7.29. The smallest absolute Gasteiger partial charge is 0.137 e. The van der Waals surface area contributed by atoms with Crippen molar-refractivity contribution in [1.29, 1.82) is 0 Å². The molecule has 0 saturated carbocycles. The van der Waals surface area contributed by atoms with Gasteiger partial charge in [0.25, 0.3) is 0 Å². The zero-order chi connectivity index (χ0) is 10.5. The Morgan fingerprint density at radius 2 is 1.77 bits per heavy atom. The highest BCUT2D eigenvalue weighted by molar-refractivity contribution is 6.87. The fourth-order valence-electron chi connectivity index (χ4n) is 0.638. The van der Waals surface area contributed by atoms with Gasteiger partial charge in [0.2, 0.25) is 0 Å². The fourth-order valence-corrected chi connectivity index (χ4v) is 1.58. The normalized spacial score (nSPS) is 12.2. The van der Waals surface area contributed by atoms with E-state index in [0.717, 1.165) is 12.8 Å². The minimum Gasteiger partial charge on any atom is -0.396 e. The lowest BCUT2D eigenvalue weighted by atomic mass is 10.2. The average molecular weight is 198 g/mol. The van der Waals surface area contributed by atoms with E-state index in [1.165, 1.54) is 0 Å². The molecule has 0 aromatic rings. The molecule has 13 heavy (non-hydrogen) atoms. The van der Waals surface area contributed by atoms with Crippen LogP contribution in [0.15, 0.2) is 0 Å². The molecule has 0 fully saturated rings. The molecule has 0 aliphatic carbocycles. The van der Waals surface area contributed by atoms with Crippen molar-refractivity contribution in [2.24, 2.45) is 0 Å². The lowest BCUT2D eigenvalue weighted by Gasteiger charge is -2.31. The number of aliphatic hydroxyl groups excluding tert-OH is 1. The van der Waals surface area contributed by atoms with Crippen LogP contribution in [0.25, 0.3) is 0 Å². The minimum absolute atomic E-state index is 0.256. The molecule has 0 unspecified atom stereocenters. The largest absolute Gasteiger partial charge is 0.396 e. The average Bonchev–Trinajstić information content (AvgIpc) is 1.96. The van der Waals surface area contributed by atoms with Crippen molar-refractivity contribution in [1.82, 2.24) is 0 Å². The number of rotatable bonds is 2. The van der Waals surface area contributed by atoms with Gasteiger partial charge in [0.15, 0.2) is 0 Å². The van der Waals surface area contributed by atoms with Crippen molar-refractivity contribution in [3.8, 4) is 11.5 Å². The summed E-state index contributed by atoms with van der Waals surface area (Å²) in [6, 6.07) is 0. The van der Waals surface area contributed by atoms with E-state index in [1.54, 1.807) is 0 Å². The van der Waals surface area contributed by atoms with Crippen molar-refractivity contribution < 1.29 is 5.11 Å². The molecule has 2 heteroatoms. The Labute approximate surface area is 83.6 Å². The Morgan fingerprint density at radius 1 is 1.23 bits per heavy atom. The molecule has 0 spiro atoms. The van der Waals surface area contributed by atoms with Crippen LogP contribution < -0.4 is 0 Å². The van der Waals surface area contributed by atoms with Crippen LogP contribution in [0.2, 0.25) is 18.1 Å². The van der Waals surface area contributed by atoms with E-state index >= 15 is 0 Å². The molecule has 0 aliphatic heterocycles. The Hall–Kier alpha value is -0.263. The lowest BCUT2D eigenvalue weighted by Crippen LogP contribution is -2.35. The molecular formula is C11H22OSi. The molecule has 76 valence electrons. The second kappa shape index (κ2) is 4.83. The van der Waals surface area contributed by atoms with E-state index < -0.39 is 8.07 Å². The summed E-state index contributed by atoms with van der Waals surface area (Å²) in [5.41, 5.74) is 3.41. The van der Waals surface area contributed by atoms with E-state index in [4.69, 9.17) is 5.11 Å². The second-order valence-corrected chi connectivity index (χ2v) is 10.0. The molecule has 0 bridgehead atoms. The molecule has 1 N–H and O–H groups in total. The Kier molecular flexibility index (Phi) is 4.73. The number of hydrogen-bond donors (Lipinski definition) is 1. The molecule has 0 aliphatic rings.